The standard InChI is InChI=1S/C16H12N4O3S/c21-16(20-17-8-11-2-1-5-24-11)13-7-12(18-19-13)10-3-4-14-15(6-10)23-9-22-14/h1-8H,9H2,(H,18,19)(H,20,21)/b17-8-. The Morgan fingerprint density at radius 2 is 2.21 bits per heavy atom. The van der Waals surface area contributed by atoms with Crippen molar-refractivity contribution in [2.45, 2.75) is 0 Å². The minimum absolute atomic E-state index is 0.218. The normalized spacial score (nSPS) is 12.7. The first-order valence-electron chi connectivity index (χ1n) is 7.12. The van der Waals surface area contributed by atoms with Crippen LogP contribution < -0.4 is 14.9 Å². The lowest BCUT2D eigenvalue weighted by atomic mass is 10.1. The van der Waals surface area contributed by atoms with Crippen LogP contribution in [0.1, 0.15) is 15.4 Å². The van der Waals surface area contributed by atoms with Crippen LogP contribution in [0.15, 0.2) is 46.9 Å². The van der Waals surface area contributed by atoms with Gasteiger partial charge in [-0.25, -0.2) is 5.43 Å². The van der Waals surface area contributed by atoms with Gasteiger partial charge in [0.1, 0.15) is 5.69 Å². The molecule has 2 aromatic heterocycles. The topological polar surface area (TPSA) is 88.6 Å². The van der Waals surface area contributed by atoms with E-state index in [9.17, 15) is 4.79 Å². The number of amides is 1. The highest BCUT2D eigenvalue weighted by molar-refractivity contribution is 7.11. The van der Waals surface area contributed by atoms with Gasteiger partial charge in [0.25, 0.3) is 5.91 Å². The average Bonchev–Trinajstić information content (AvgIpc) is 3.34. The zero-order valence-corrected chi connectivity index (χ0v) is 13.2. The second-order valence-electron chi connectivity index (χ2n) is 4.95. The zero-order chi connectivity index (χ0) is 16.4. The number of carbonyl (C=O) groups is 1. The number of aromatic nitrogens is 2. The summed E-state index contributed by atoms with van der Waals surface area (Å²) < 4.78 is 10.6. The van der Waals surface area contributed by atoms with E-state index in [0.717, 1.165) is 10.4 Å². The minimum Gasteiger partial charge on any atom is -0.454 e. The zero-order valence-electron chi connectivity index (χ0n) is 12.4. The Morgan fingerprint density at radius 3 is 3.08 bits per heavy atom. The molecule has 1 aromatic carbocycles. The van der Waals surface area contributed by atoms with Crippen molar-refractivity contribution in [3.05, 3.63) is 52.3 Å². The molecule has 2 N–H and O–H groups in total. The summed E-state index contributed by atoms with van der Waals surface area (Å²) in [6.45, 7) is 0.218. The first kappa shape index (κ1) is 14.5. The molecule has 1 amide bonds. The number of aromatic amines is 1. The molecule has 1 aliphatic heterocycles. The Hall–Kier alpha value is -3.13. The number of H-pyrrole nitrogens is 1. The van der Waals surface area contributed by atoms with Crippen molar-refractivity contribution in [2.75, 3.05) is 6.79 Å². The monoisotopic (exact) mass is 340 g/mol. The smallest absolute Gasteiger partial charge is 0.289 e. The van der Waals surface area contributed by atoms with Gasteiger partial charge in [-0.05, 0) is 35.7 Å². The van der Waals surface area contributed by atoms with Crippen molar-refractivity contribution < 1.29 is 14.3 Å². The van der Waals surface area contributed by atoms with E-state index in [4.69, 9.17) is 9.47 Å². The molecule has 0 bridgehead atoms. The first-order chi connectivity index (χ1) is 11.8. The predicted molar refractivity (Wildman–Crippen MR) is 89.5 cm³/mol. The van der Waals surface area contributed by atoms with Crippen LogP contribution in [-0.2, 0) is 0 Å². The third-order valence-electron chi connectivity index (χ3n) is 3.39. The number of hydrazone groups is 1. The van der Waals surface area contributed by atoms with Crippen molar-refractivity contribution in [2.24, 2.45) is 5.10 Å². The summed E-state index contributed by atoms with van der Waals surface area (Å²) in [6, 6.07) is 11.0. The van der Waals surface area contributed by atoms with Gasteiger partial charge in [0.15, 0.2) is 11.5 Å². The minimum atomic E-state index is -0.359. The maximum absolute atomic E-state index is 12.1. The van der Waals surface area contributed by atoms with Crippen LogP contribution in [0.4, 0.5) is 0 Å². The summed E-state index contributed by atoms with van der Waals surface area (Å²) in [4.78, 5) is 13.0. The van der Waals surface area contributed by atoms with Crippen LogP contribution in [0.5, 0.6) is 11.5 Å². The number of thiophene rings is 1. The number of fused-ring (bicyclic) bond motifs is 1. The summed E-state index contributed by atoms with van der Waals surface area (Å²) in [7, 11) is 0. The summed E-state index contributed by atoms with van der Waals surface area (Å²) in [6.07, 6.45) is 1.59. The number of ether oxygens (including phenoxy) is 2. The Balaban J connectivity index is 1.47. The SMILES string of the molecule is O=C(N/N=C\c1cccs1)c1cc(-c2ccc3c(c2)OCO3)n[nH]1. The van der Waals surface area contributed by atoms with Crippen LogP contribution >= 0.6 is 11.3 Å². The van der Waals surface area contributed by atoms with Gasteiger partial charge < -0.3 is 9.47 Å². The number of hydrogen-bond donors (Lipinski definition) is 2. The second kappa shape index (κ2) is 6.17. The molecule has 24 heavy (non-hydrogen) atoms. The van der Waals surface area contributed by atoms with Crippen molar-refractivity contribution in [3.8, 4) is 22.8 Å². The molecule has 120 valence electrons. The molecule has 4 rings (SSSR count). The fourth-order valence-electron chi connectivity index (χ4n) is 2.22. The third-order valence-corrected chi connectivity index (χ3v) is 4.20. The van der Waals surface area contributed by atoms with Crippen LogP contribution in [0, 0.1) is 0 Å². The van der Waals surface area contributed by atoms with Gasteiger partial charge in [0.2, 0.25) is 6.79 Å². The summed E-state index contributed by atoms with van der Waals surface area (Å²) in [5, 5.41) is 12.7. The highest BCUT2D eigenvalue weighted by Crippen LogP contribution is 2.35. The van der Waals surface area contributed by atoms with Gasteiger partial charge in [-0.3, -0.25) is 9.89 Å². The lowest BCUT2D eigenvalue weighted by Crippen LogP contribution is -2.17. The summed E-state index contributed by atoms with van der Waals surface area (Å²) >= 11 is 1.54. The van der Waals surface area contributed by atoms with Crippen LogP contribution in [-0.4, -0.2) is 29.1 Å². The maximum Gasteiger partial charge on any atom is 0.289 e. The highest BCUT2D eigenvalue weighted by Gasteiger charge is 2.16. The molecule has 0 spiro atoms. The fourth-order valence-corrected chi connectivity index (χ4v) is 2.81. The van der Waals surface area contributed by atoms with Crippen molar-refractivity contribution in [1.29, 1.82) is 0 Å². The van der Waals surface area contributed by atoms with E-state index in [1.54, 1.807) is 12.3 Å². The van der Waals surface area contributed by atoms with E-state index in [1.165, 1.54) is 11.3 Å². The molecule has 0 unspecified atom stereocenters. The molecule has 8 heteroatoms. The Labute approximate surface area is 140 Å². The van der Waals surface area contributed by atoms with Gasteiger partial charge >= 0.3 is 0 Å². The molecular weight excluding hydrogens is 328 g/mol. The number of nitrogens with one attached hydrogen (secondary N) is 2. The number of hydrogen-bond acceptors (Lipinski definition) is 6. The molecule has 1 aliphatic rings. The van der Waals surface area contributed by atoms with Gasteiger partial charge in [-0.15, -0.1) is 11.3 Å². The van der Waals surface area contributed by atoms with Crippen LogP contribution in [0.3, 0.4) is 0 Å². The summed E-state index contributed by atoms with van der Waals surface area (Å²) in [5.74, 6) is 1.01. The molecule has 0 radical (unpaired) electrons. The van der Waals surface area contributed by atoms with E-state index >= 15 is 0 Å². The molecule has 3 aromatic rings. The Kier molecular flexibility index (Phi) is 3.72. The quantitative estimate of drug-likeness (QED) is 0.564. The molecular formula is C16H12N4O3S. The van der Waals surface area contributed by atoms with E-state index in [2.05, 4.69) is 20.7 Å². The third kappa shape index (κ3) is 2.86. The van der Waals surface area contributed by atoms with Crippen molar-refractivity contribution in [3.63, 3.8) is 0 Å². The van der Waals surface area contributed by atoms with Crippen molar-refractivity contribution in [1.82, 2.24) is 15.6 Å². The maximum atomic E-state index is 12.1. The van der Waals surface area contributed by atoms with E-state index in [-0.39, 0.29) is 12.7 Å². The predicted octanol–water partition coefficient (Wildman–Crippen LogP) is 2.63. The van der Waals surface area contributed by atoms with Crippen LogP contribution in [0.25, 0.3) is 11.3 Å². The molecule has 0 atom stereocenters. The van der Waals surface area contributed by atoms with Gasteiger partial charge in [-0.2, -0.15) is 10.2 Å². The van der Waals surface area contributed by atoms with Gasteiger partial charge in [-0.1, -0.05) is 6.07 Å². The molecule has 0 saturated heterocycles. The second-order valence-corrected chi connectivity index (χ2v) is 5.93. The van der Waals surface area contributed by atoms with Gasteiger partial charge in [0, 0.05) is 10.4 Å². The number of nitrogens with zero attached hydrogens (tertiary/aromatic N) is 2. The Morgan fingerprint density at radius 1 is 1.29 bits per heavy atom. The first-order valence-corrected chi connectivity index (χ1v) is 8.00. The number of benzene rings is 1. The van der Waals surface area contributed by atoms with E-state index < -0.39 is 0 Å². The average molecular weight is 340 g/mol. The van der Waals surface area contributed by atoms with E-state index in [1.807, 2.05) is 35.7 Å². The lowest BCUT2D eigenvalue weighted by Gasteiger charge is -1.98. The van der Waals surface area contributed by atoms with E-state index in [0.29, 0.717) is 22.9 Å². The fraction of sp³-hybridized carbons (Fsp3) is 0.0625. The Bertz CT molecular complexity index is 902. The van der Waals surface area contributed by atoms with Crippen molar-refractivity contribution >= 4 is 23.5 Å². The molecule has 0 fully saturated rings. The summed E-state index contributed by atoms with van der Waals surface area (Å²) in [5.41, 5.74) is 4.26. The van der Waals surface area contributed by atoms with Gasteiger partial charge in [0.05, 0.1) is 11.9 Å². The van der Waals surface area contributed by atoms with Crippen LogP contribution in [0.2, 0.25) is 0 Å². The number of carbonyl (C=O) groups excluding carboxylic acids is 1. The number of rotatable bonds is 4. The lowest BCUT2D eigenvalue weighted by molar-refractivity contribution is 0.0950. The molecule has 3 heterocycles. The molecule has 7 nitrogen and oxygen atoms in total. The highest BCUT2D eigenvalue weighted by atomic mass is 32.1. The molecule has 0 saturated carbocycles. The largest absolute Gasteiger partial charge is 0.454 e. The molecule has 0 aliphatic carbocycles.